The van der Waals surface area contributed by atoms with Crippen molar-refractivity contribution in [3.8, 4) is 11.1 Å². The summed E-state index contributed by atoms with van der Waals surface area (Å²) in [7, 11) is 0. The van der Waals surface area contributed by atoms with Crippen LogP contribution in [0.3, 0.4) is 0 Å². The number of aromatic nitrogens is 2. The van der Waals surface area contributed by atoms with Gasteiger partial charge in [-0.05, 0) is 36.1 Å². The zero-order valence-electron chi connectivity index (χ0n) is 16.6. The maximum absolute atomic E-state index is 12.6. The van der Waals surface area contributed by atoms with E-state index in [-0.39, 0.29) is 18.2 Å². The third-order valence-electron chi connectivity index (χ3n) is 5.24. The summed E-state index contributed by atoms with van der Waals surface area (Å²) in [6.45, 7) is 4.12. The van der Waals surface area contributed by atoms with Crippen LogP contribution in [-0.4, -0.2) is 21.6 Å². The summed E-state index contributed by atoms with van der Waals surface area (Å²) < 4.78 is 1.67. The topological polar surface area (TPSA) is 76.0 Å². The van der Waals surface area contributed by atoms with Crippen molar-refractivity contribution in [1.82, 2.24) is 9.78 Å². The fourth-order valence-corrected chi connectivity index (χ4v) is 3.68. The Labute approximate surface area is 169 Å². The molecule has 1 unspecified atom stereocenters. The molecule has 2 aromatic carbocycles. The van der Waals surface area contributed by atoms with Gasteiger partial charge in [0, 0.05) is 11.3 Å². The van der Waals surface area contributed by atoms with Crippen molar-refractivity contribution in [1.29, 1.82) is 0 Å². The number of aryl methyl sites for hydroxylation is 2. The molecule has 2 amide bonds. The predicted molar refractivity (Wildman–Crippen MR) is 114 cm³/mol. The molecule has 2 N–H and O–H groups in total. The summed E-state index contributed by atoms with van der Waals surface area (Å²) in [6, 6.07) is 17.0. The van der Waals surface area contributed by atoms with Crippen molar-refractivity contribution in [2.24, 2.45) is 0 Å². The number of hydrogen-bond acceptors (Lipinski definition) is 3. The summed E-state index contributed by atoms with van der Waals surface area (Å²) in [5.41, 5.74) is 4.78. The highest BCUT2D eigenvalue weighted by atomic mass is 16.2. The number of fused-ring (bicyclic) bond motifs is 1. The SMILES string of the molecule is CCc1ccc(NC(=O)CC2C(=O)Nc3c(-c4ccccc4)c(CC)nn32)cc1. The van der Waals surface area contributed by atoms with E-state index in [1.54, 1.807) is 4.68 Å². The second-order valence-electron chi connectivity index (χ2n) is 7.14. The highest BCUT2D eigenvalue weighted by molar-refractivity contribution is 6.04. The van der Waals surface area contributed by atoms with Crippen LogP contribution in [0.2, 0.25) is 0 Å². The molecule has 3 aromatic rings. The quantitative estimate of drug-likeness (QED) is 0.665. The van der Waals surface area contributed by atoms with Crippen LogP contribution in [0.15, 0.2) is 54.6 Å². The molecular weight excluding hydrogens is 364 g/mol. The summed E-state index contributed by atoms with van der Waals surface area (Å²) in [5, 5.41) is 10.5. The van der Waals surface area contributed by atoms with Crippen molar-refractivity contribution >= 4 is 23.3 Å². The van der Waals surface area contributed by atoms with E-state index in [4.69, 9.17) is 0 Å². The first kappa shape index (κ1) is 18.9. The second kappa shape index (κ2) is 7.91. The van der Waals surface area contributed by atoms with Gasteiger partial charge in [0.05, 0.1) is 12.1 Å². The summed E-state index contributed by atoms with van der Waals surface area (Å²) >= 11 is 0. The number of rotatable bonds is 6. The van der Waals surface area contributed by atoms with Gasteiger partial charge in [-0.2, -0.15) is 5.10 Å². The Kier molecular flexibility index (Phi) is 5.16. The van der Waals surface area contributed by atoms with Crippen LogP contribution in [-0.2, 0) is 22.4 Å². The molecule has 0 radical (unpaired) electrons. The molecule has 29 heavy (non-hydrogen) atoms. The molecule has 0 fully saturated rings. The number of anilines is 2. The fourth-order valence-electron chi connectivity index (χ4n) is 3.68. The van der Waals surface area contributed by atoms with Gasteiger partial charge in [0.15, 0.2) is 0 Å². The number of carbonyl (C=O) groups is 2. The largest absolute Gasteiger partial charge is 0.326 e. The molecular formula is C23H24N4O2. The molecule has 4 rings (SSSR count). The molecule has 6 nitrogen and oxygen atoms in total. The first-order valence-electron chi connectivity index (χ1n) is 9.97. The van der Waals surface area contributed by atoms with Gasteiger partial charge in [-0.1, -0.05) is 56.3 Å². The number of hydrogen-bond donors (Lipinski definition) is 2. The van der Waals surface area contributed by atoms with E-state index in [0.29, 0.717) is 5.82 Å². The van der Waals surface area contributed by atoms with E-state index in [0.717, 1.165) is 35.3 Å². The van der Waals surface area contributed by atoms with Crippen LogP contribution < -0.4 is 10.6 Å². The molecule has 1 aliphatic rings. The van der Waals surface area contributed by atoms with Crippen LogP contribution in [0.1, 0.15) is 37.6 Å². The summed E-state index contributed by atoms with van der Waals surface area (Å²) in [5.74, 6) is 0.254. The van der Waals surface area contributed by atoms with Crippen molar-refractivity contribution in [2.75, 3.05) is 10.6 Å². The van der Waals surface area contributed by atoms with Crippen LogP contribution in [0.4, 0.5) is 11.5 Å². The van der Waals surface area contributed by atoms with Gasteiger partial charge in [0.1, 0.15) is 11.9 Å². The average Bonchev–Trinajstić information content (AvgIpc) is 3.24. The van der Waals surface area contributed by atoms with Gasteiger partial charge < -0.3 is 10.6 Å². The van der Waals surface area contributed by atoms with Crippen LogP contribution in [0.5, 0.6) is 0 Å². The van der Waals surface area contributed by atoms with E-state index in [1.807, 2.05) is 61.5 Å². The minimum atomic E-state index is -0.650. The smallest absolute Gasteiger partial charge is 0.251 e. The van der Waals surface area contributed by atoms with E-state index < -0.39 is 6.04 Å². The molecule has 0 saturated carbocycles. The number of nitrogens with zero attached hydrogens (tertiary/aromatic N) is 2. The third-order valence-corrected chi connectivity index (χ3v) is 5.24. The van der Waals surface area contributed by atoms with Gasteiger partial charge in [-0.25, -0.2) is 4.68 Å². The molecule has 0 bridgehead atoms. The van der Waals surface area contributed by atoms with Crippen LogP contribution in [0, 0.1) is 0 Å². The van der Waals surface area contributed by atoms with E-state index in [1.165, 1.54) is 5.56 Å². The van der Waals surface area contributed by atoms with Gasteiger partial charge in [0.25, 0.3) is 5.91 Å². The zero-order chi connectivity index (χ0) is 20.4. The van der Waals surface area contributed by atoms with Crippen LogP contribution >= 0.6 is 0 Å². The van der Waals surface area contributed by atoms with Gasteiger partial charge in [0.2, 0.25) is 5.91 Å². The lowest BCUT2D eigenvalue weighted by Gasteiger charge is -2.10. The Morgan fingerprint density at radius 1 is 1.07 bits per heavy atom. The lowest BCUT2D eigenvalue weighted by Crippen LogP contribution is -2.23. The highest BCUT2D eigenvalue weighted by Crippen LogP contribution is 2.38. The molecule has 148 valence electrons. The Balaban J connectivity index is 1.57. The molecule has 1 atom stereocenters. The summed E-state index contributed by atoms with van der Waals surface area (Å²) in [6.07, 6.45) is 1.72. The van der Waals surface area contributed by atoms with Crippen molar-refractivity contribution in [3.63, 3.8) is 0 Å². The van der Waals surface area contributed by atoms with Crippen molar-refractivity contribution < 1.29 is 9.59 Å². The molecule has 0 aliphatic carbocycles. The average molecular weight is 388 g/mol. The highest BCUT2D eigenvalue weighted by Gasteiger charge is 2.36. The monoisotopic (exact) mass is 388 g/mol. The number of amides is 2. The number of nitrogens with one attached hydrogen (secondary N) is 2. The molecule has 2 heterocycles. The van der Waals surface area contributed by atoms with E-state index in [9.17, 15) is 9.59 Å². The second-order valence-corrected chi connectivity index (χ2v) is 7.14. The Hall–Kier alpha value is -3.41. The normalized spacial score (nSPS) is 15.1. The molecule has 0 spiro atoms. The molecule has 1 aliphatic heterocycles. The Morgan fingerprint density at radius 3 is 2.45 bits per heavy atom. The van der Waals surface area contributed by atoms with E-state index >= 15 is 0 Å². The molecule has 1 aromatic heterocycles. The van der Waals surface area contributed by atoms with Gasteiger partial charge in [-0.15, -0.1) is 0 Å². The number of benzene rings is 2. The lowest BCUT2D eigenvalue weighted by molar-refractivity contribution is -0.123. The Bertz CT molecular complexity index is 1040. The van der Waals surface area contributed by atoms with Gasteiger partial charge in [-0.3, -0.25) is 9.59 Å². The predicted octanol–water partition coefficient (Wildman–Crippen LogP) is 4.20. The van der Waals surface area contributed by atoms with Crippen LogP contribution in [0.25, 0.3) is 11.1 Å². The third kappa shape index (κ3) is 3.66. The van der Waals surface area contributed by atoms with Crippen molar-refractivity contribution in [3.05, 3.63) is 65.9 Å². The minimum absolute atomic E-state index is 0.0351. The first-order chi connectivity index (χ1) is 14.1. The Morgan fingerprint density at radius 2 is 1.79 bits per heavy atom. The maximum Gasteiger partial charge on any atom is 0.251 e. The summed E-state index contributed by atoms with van der Waals surface area (Å²) in [4.78, 5) is 25.2. The van der Waals surface area contributed by atoms with Crippen molar-refractivity contribution in [2.45, 2.75) is 39.2 Å². The standard InChI is InChI=1S/C23H24N4O2/c1-3-15-10-12-17(13-11-15)24-20(28)14-19-23(29)25-22-21(16-8-6-5-7-9-16)18(4-2)26-27(19)22/h5-13,19H,3-4,14H2,1-2H3,(H,24,28)(H,25,29). The first-order valence-corrected chi connectivity index (χ1v) is 9.97. The lowest BCUT2D eigenvalue weighted by atomic mass is 10.0. The van der Waals surface area contributed by atoms with E-state index in [2.05, 4.69) is 22.7 Å². The zero-order valence-corrected chi connectivity index (χ0v) is 16.6. The molecule has 0 saturated heterocycles. The maximum atomic E-state index is 12.6. The minimum Gasteiger partial charge on any atom is -0.326 e. The van der Waals surface area contributed by atoms with Gasteiger partial charge >= 0.3 is 0 Å². The molecule has 6 heteroatoms. The fraction of sp³-hybridized carbons (Fsp3) is 0.261. The number of carbonyl (C=O) groups excluding carboxylic acids is 2.